The minimum absolute atomic E-state index is 0.0486. The highest BCUT2D eigenvalue weighted by Gasteiger charge is 2.03. The summed E-state index contributed by atoms with van der Waals surface area (Å²) in [5.74, 6) is -0.187. The highest BCUT2D eigenvalue weighted by atomic mass is 16.5. The van der Waals surface area contributed by atoms with Gasteiger partial charge in [0, 0.05) is 19.4 Å². The molecule has 0 unspecified atom stereocenters. The number of aryl methyl sites for hydroxylation is 2. The van der Waals surface area contributed by atoms with Crippen molar-refractivity contribution >= 4 is 11.9 Å². The maximum absolute atomic E-state index is 11.7. The van der Waals surface area contributed by atoms with Crippen LogP contribution >= 0.6 is 0 Å². The van der Waals surface area contributed by atoms with Gasteiger partial charge >= 0.3 is 5.97 Å². The molecule has 4 heteroatoms. The molecule has 0 fully saturated rings. The summed E-state index contributed by atoms with van der Waals surface area (Å²) in [7, 11) is 1.37. The van der Waals surface area contributed by atoms with Gasteiger partial charge in [0.25, 0.3) is 0 Å². The van der Waals surface area contributed by atoms with Crippen LogP contribution in [0.3, 0.4) is 0 Å². The lowest BCUT2D eigenvalue weighted by Crippen LogP contribution is -2.24. The van der Waals surface area contributed by atoms with E-state index in [1.165, 1.54) is 18.2 Å². The van der Waals surface area contributed by atoms with Crippen molar-refractivity contribution in [2.45, 2.75) is 51.9 Å². The topological polar surface area (TPSA) is 55.4 Å². The first-order valence-electron chi connectivity index (χ1n) is 8.07. The van der Waals surface area contributed by atoms with E-state index in [1.54, 1.807) is 0 Å². The molecule has 0 spiro atoms. The van der Waals surface area contributed by atoms with E-state index in [-0.39, 0.29) is 11.9 Å². The Morgan fingerprint density at radius 3 is 2.23 bits per heavy atom. The second kappa shape index (κ2) is 10.8. The third-order valence-corrected chi connectivity index (χ3v) is 3.54. The third-order valence-electron chi connectivity index (χ3n) is 3.54. The molecule has 0 aliphatic rings. The number of rotatable bonds is 10. The first kappa shape index (κ1) is 18.2. The molecule has 0 saturated carbocycles. The van der Waals surface area contributed by atoms with Crippen molar-refractivity contribution in [3.63, 3.8) is 0 Å². The maximum Gasteiger partial charge on any atom is 0.305 e. The Bertz CT molecular complexity index is 454. The van der Waals surface area contributed by atoms with E-state index in [2.05, 4.69) is 41.2 Å². The number of methoxy groups -OCH3 is 1. The molecular formula is C18H27NO3. The molecule has 1 rings (SSSR count). The molecule has 0 atom stereocenters. The van der Waals surface area contributed by atoms with Crippen LogP contribution in [-0.4, -0.2) is 25.5 Å². The summed E-state index contributed by atoms with van der Waals surface area (Å²) in [6.07, 6.45) is 5.54. The molecule has 0 heterocycles. The molecule has 4 nitrogen and oxygen atoms in total. The van der Waals surface area contributed by atoms with Gasteiger partial charge in [-0.25, -0.2) is 0 Å². The van der Waals surface area contributed by atoms with E-state index < -0.39 is 0 Å². The fourth-order valence-corrected chi connectivity index (χ4v) is 2.27. The smallest absolute Gasteiger partial charge is 0.305 e. The summed E-state index contributed by atoms with van der Waals surface area (Å²) in [4.78, 5) is 22.6. The van der Waals surface area contributed by atoms with E-state index >= 15 is 0 Å². The zero-order valence-corrected chi connectivity index (χ0v) is 13.7. The highest BCUT2D eigenvalue weighted by molar-refractivity contribution is 5.76. The largest absolute Gasteiger partial charge is 0.469 e. The van der Waals surface area contributed by atoms with Gasteiger partial charge in [-0.2, -0.15) is 0 Å². The van der Waals surface area contributed by atoms with Crippen LogP contribution in [0.1, 0.15) is 50.2 Å². The molecule has 122 valence electrons. The number of benzene rings is 1. The van der Waals surface area contributed by atoms with Crippen LogP contribution in [0.25, 0.3) is 0 Å². The predicted molar refractivity (Wildman–Crippen MR) is 87.6 cm³/mol. The number of esters is 1. The molecule has 1 N–H and O–H groups in total. The second-order valence-corrected chi connectivity index (χ2v) is 5.45. The summed E-state index contributed by atoms with van der Waals surface area (Å²) in [5, 5.41) is 2.83. The van der Waals surface area contributed by atoms with Crippen LogP contribution in [0.4, 0.5) is 0 Å². The third kappa shape index (κ3) is 7.81. The van der Waals surface area contributed by atoms with E-state index in [0.29, 0.717) is 25.8 Å². The lowest BCUT2D eigenvalue weighted by Gasteiger charge is -2.06. The van der Waals surface area contributed by atoms with E-state index in [0.717, 1.165) is 25.7 Å². The molecule has 0 aliphatic heterocycles. The van der Waals surface area contributed by atoms with Crippen LogP contribution in [0, 0.1) is 0 Å². The molecule has 0 aliphatic carbocycles. The van der Waals surface area contributed by atoms with Gasteiger partial charge in [0.2, 0.25) is 5.91 Å². The Balaban J connectivity index is 2.12. The van der Waals surface area contributed by atoms with Crippen LogP contribution in [0.5, 0.6) is 0 Å². The quantitative estimate of drug-likeness (QED) is 0.534. The van der Waals surface area contributed by atoms with E-state index in [1.807, 2.05) is 0 Å². The van der Waals surface area contributed by atoms with Crippen LogP contribution in [0.15, 0.2) is 24.3 Å². The van der Waals surface area contributed by atoms with Crippen molar-refractivity contribution in [1.82, 2.24) is 5.32 Å². The van der Waals surface area contributed by atoms with Crippen molar-refractivity contribution < 1.29 is 14.3 Å². The van der Waals surface area contributed by atoms with Gasteiger partial charge < -0.3 is 10.1 Å². The van der Waals surface area contributed by atoms with Crippen molar-refractivity contribution in [2.75, 3.05) is 13.7 Å². The number of ether oxygens (including phenoxy) is 1. The number of carbonyl (C=O) groups is 2. The van der Waals surface area contributed by atoms with Gasteiger partial charge in [-0.3, -0.25) is 9.59 Å². The lowest BCUT2D eigenvalue weighted by atomic mass is 10.0. The minimum atomic E-state index is -0.235. The average Bonchev–Trinajstić information content (AvgIpc) is 2.53. The number of hydrogen-bond donors (Lipinski definition) is 1. The zero-order valence-electron chi connectivity index (χ0n) is 13.7. The Kier molecular flexibility index (Phi) is 8.96. The van der Waals surface area contributed by atoms with Crippen molar-refractivity contribution in [3.05, 3.63) is 35.4 Å². The SMILES string of the molecule is CCCc1ccc(CCCC(=O)NCCCC(=O)OC)cc1. The van der Waals surface area contributed by atoms with Crippen LogP contribution in [0.2, 0.25) is 0 Å². The van der Waals surface area contributed by atoms with Crippen molar-refractivity contribution in [3.8, 4) is 0 Å². The molecule has 1 aromatic carbocycles. The van der Waals surface area contributed by atoms with E-state index in [4.69, 9.17) is 0 Å². The fourth-order valence-electron chi connectivity index (χ4n) is 2.27. The summed E-state index contributed by atoms with van der Waals surface area (Å²) in [5.41, 5.74) is 2.65. The molecular weight excluding hydrogens is 278 g/mol. The molecule has 22 heavy (non-hydrogen) atoms. The zero-order chi connectivity index (χ0) is 16.2. The highest BCUT2D eigenvalue weighted by Crippen LogP contribution is 2.09. The maximum atomic E-state index is 11.7. The first-order valence-corrected chi connectivity index (χ1v) is 8.07. The van der Waals surface area contributed by atoms with E-state index in [9.17, 15) is 9.59 Å². The summed E-state index contributed by atoms with van der Waals surface area (Å²) >= 11 is 0. The molecule has 0 aromatic heterocycles. The number of carbonyl (C=O) groups excluding carboxylic acids is 2. The molecule has 0 radical (unpaired) electrons. The van der Waals surface area contributed by atoms with Crippen LogP contribution in [-0.2, 0) is 27.2 Å². The summed E-state index contributed by atoms with van der Waals surface area (Å²) in [6, 6.07) is 8.65. The molecule has 1 aromatic rings. The van der Waals surface area contributed by atoms with Gasteiger partial charge in [0.15, 0.2) is 0 Å². The Hall–Kier alpha value is -1.84. The van der Waals surface area contributed by atoms with Crippen molar-refractivity contribution in [2.24, 2.45) is 0 Å². The van der Waals surface area contributed by atoms with Gasteiger partial charge in [-0.1, -0.05) is 37.6 Å². The number of hydrogen-bond acceptors (Lipinski definition) is 3. The Labute approximate surface area is 133 Å². The fraction of sp³-hybridized carbons (Fsp3) is 0.556. The standard InChI is InChI=1S/C18H27NO3/c1-3-6-15-10-12-16(13-11-15)7-4-8-17(20)19-14-5-9-18(21)22-2/h10-13H,3-9,14H2,1-2H3,(H,19,20). The van der Waals surface area contributed by atoms with Gasteiger partial charge in [-0.15, -0.1) is 0 Å². The van der Waals surface area contributed by atoms with Gasteiger partial charge in [0.05, 0.1) is 7.11 Å². The molecule has 0 saturated heterocycles. The average molecular weight is 305 g/mol. The van der Waals surface area contributed by atoms with Crippen molar-refractivity contribution in [1.29, 1.82) is 0 Å². The summed E-state index contributed by atoms with van der Waals surface area (Å²) in [6.45, 7) is 2.71. The lowest BCUT2D eigenvalue weighted by molar-refractivity contribution is -0.140. The molecule has 1 amide bonds. The number of nitrogens with one attached hydrogen (secondary N) is 1. The van der Waals surface area contributed by atoms with Crippen LogP contribution < -0.4 is 5.32 Å². The second-order valence-electron chi connectivity index (χ2n) is 5.45. The monoisotopic (exact) mass is 305 g/mol. The molecule has 0 bridgehead atoms. The summed E-state index contributed by atoms with van der Waals surface area (Å²) < 4.78 is 4.54. The first-order chi connectivity index (χ1) is 10.7. The predicted octanol–water partition coefficient (Wildman–Crippen LogP) is 3.03. The Morgan fingerprint density at radius 1 is 1.00 bits per heavy atom. The minimum Gasteiger partial charge on any atom is -0.469 e. The van der Waals surface area contributed by atoms with Gasteiger partial charge in [-0.05, 0) is 36.8 Å². The van der Waals surface area contributed by atoms with Gasteiger partial charge in [0.1, 0.15) is 0 Å². The Morgan fingerprint density at radius 2 is 1.64 bits per heavy atom. The normalized spacial score (nSPS) is 10.3. The number of amides is 1.